The Kier molecular flexibility index (Phi) is 7.11. The van der Waals surface area contributed by atoms with Crippen molar-refractivity contribution in [3.8, 4) is 0 Å². The van der Waals surface area contributed by atoms with E-state index in [0.717, 1.165) is 29.7 Å². The van der Waals surface area contributed by atoms with Crippen LogP contribution in [-0.4, -0.2) is 30.5 Å². The Hall–Kier alpha value is -1.14. The van der Waals surface area contributed by atoms with Crippen LogP contribution in [0.4, 0.5) is 0 Å². The Morgan fingerprint density at radius 1 is 1.38 bits per heavy atom. The number of carbonyl (C=O) groups is 1. The number of halogens is 2. The summed E-state index contributed by atoms with van der Waals surface area (Å²) in [7, 11) is 0. The fourth-order valence-electron chi connectivity index (χ4n) is 2.12. The van der Waals surface area contributed by atoms with E-state index in [4.69, 9.17) is 0 Å². The van der Waals surface area contributed by atoms with E-state index in [-0.39, 0.29) is 30.7 Å². The van der Waals surface area contributed by atoms with E-state index in [1.54, 1.807) is 16.8 Å². The SMILES string of the molecule is Cl.Cl.O=C(NCC1=CCNCC1)c1ccc2ncsc2c1. The molecule has 0 fully saturated rings. The Labute approximate surface area is 139 Å². The number of nitrogens with one attached hydrogen (secondary N) is 2. The van der Waals surface area contributed by atoms with Crippen molar-refractivity contribution in [3.63, 3.8) is 0 Å². The van der Waals surface area contributed by atoms with Crippen molar-refractivity contribution >= 4 is 52.3 Å². The molecule has 1 aliphatic heterocycles. The summed E-state index contributed by atoms with van der Waals surface area (Å²) >= 11 is 1.55. The zero-order valence-corrected chi connectivity index (χ0v) is 13.7. The van der Waals surface area contributed by atoms with E-state index in [0.29, 0.717) is 12.1 Å². The molecule has 4 nitrogen and oxygen atoms in total. The number of hydrogen-bond donors (Lipinski definition) is 2. The molecular weight excluding hydrogens is 329 g/mol. The lowest BCUT2D eigenvalue weighted by atomic mass is 10.1. The van der Waals surface area contributed by atoms with Gasteiger partial charge in [-0.2, -0.15) is 0 Å². The van der Waals surface area contributed by atoms with Crippen molar-refractivity contribution in [2.75, 3.05) is 19.6 Å². The molecule has 0 radical (unpaired) electrons. The summed E-state index contributed by atoms with van der Waals surface area (Å²) < 4.78 is 1.05. The van der Waals surface area contributed by atoms with Crippen LogP contribution >= 0.6 is 36.2 Å². The smallest absolute Gasteiger partial charge is 0.251 e. The summed E-state index contributed by atoms with van der Waals surface area (Å²) in [4.78, 5) is 16.3. The van der Waals surface area contributed by atoms with Gasteiger partial charge >= 0.3 is 0 Å². The highest BCUT2D eigenvalue weighted by Crippen LogP contribution is 2.19. The summed E-state index contributed by atoms with van der Waals surface area (Å²) in [5, 5.41) is 6.23. The van der Waals surface area contributed by atoms with E-state index in [2.05, 4.69) is 21.7 Å². The van der Waals surface area contributed by atoms with Crippen LogP contribution in [0, 0.1) is 0 Å². The summed E-state index contributed by atoms with van der Waals surface area (Å²) in [6, 6.07) is 5.62. The molecule has 2 heterocycles. The van der Waals surface area contributed by atoms with Gasteiger partial charge in [0, 0.05) is 18.7 Å². The Bertz CT molecular complexity index is 642. The van der Waals surface area contributed by atoms with E-state index >= 15 is 0 Å². The van der Waals surface area contributed by atoms with Crippen LogP contribution in [0.3, 0.4) is 0 Å². The Morgan fingerprint density at radius 3 is 3.00 bits per heavy atom. The molecule has 1 aromatic carbocycles. The highest BCUT2D eigenvalue weighted by molar-refractivity contribution is 7.16. The zero-order chi connectivity index (χ0) is 13.1. The molecule has 0 saturated carbocycles. The molecule has 0 aliphatic carbocycles. The van der Waals surface area contributed by atoms with Gasteiger partial charge in [-0.3, -0.25) is 4.79 Å². The van der Waals surface area contributed by atoms with Crippen LogP contribution in [0.5, 0.6) is 0 Å². The number of hydrogen-bond acceptors (Lipinski definition) is 4. The van der Waals surface area contributed by atoms with Crippen LogP contribution in [0.1, 0.15) is 16.8 Å². The second-order valence-corrected chi connectivity index (χ2v) is 5.42. The number of nitrogens with zero attached hydrogens (tertiary/aromatic N) is 1. The van der Waals surface area contributed by atoms with E-state index in [1.165, 1.54) is 5.57 Å². The molecule has 3 rings (SSSR count). The Balaban J connectivity index is 0.00000110. The molecule has 114 valence electrons. The third kappa shape index (κ3) is 4.41. The minimum Gasteiger partial charge on any atom is -0.348 e. The number of thiazole rings is 1. The standard InChI is InChI=1S/C14H15N3OS.2ClH/c18-14(16-8-10-3-5-15-6-4-10)11-1-2-12-13(7-11)19-9-17-12;;/h1-3,7,9,15H,4-6,8H2,(H,16,18);2*1H. The first-order valence-corrected chi connectivity index (χ1v) is 7.21. The van der Waals surface area contributed by atoms with Crippen LogP contribution in [0.15, 0.2) is 35.4 Å². The predicted molar refractivity (Wildman–Crippen MR) is 92.0 cm³/mol. The maximum atomic E-state index is 12.1. The average Bonchev–Trinajstić information content (AvgIpc) is 2.93. The molecule has 0 unspecified atom stereocenters. The molecule has 0 spiro atoms. The van der Waals surface area contributed by atoms with Crippen molar-refractivity contribution in [2.45, 2.75) is 6.42 Å². The molecule has 2 N–H and O–H groups in total. The number of aromatic nitrogens is 1. The molecule has 2 aromatic rings. The van der Waals surface area contributed by atoms with Gasteiger partial charge in [-0.1, -0.05) is 11.6 Å². The second kappa shape index (κ2) is 8.34. The lowest BCUT2D eigenvalue weighted by Gasteiger charge is -2.14. The molecule has 0 atom stereocenters. The quantitative estimate of drug-likeness (QED) is 0.841. The zero-order valence-electron chi connectivity index (χ0n) is 11.3. The van der Waals surface area contributed by atoms with Gasteiger partial charge in [0.15, 0.2) is 0 Å². The molecule has 7 heteroatoms. The van der Waals surface area contributed by atoms with Crippen molar-refractivity contribution < 1.29 is 4.79 Å². The van der Waals surface area contributed by atoms with Crippen molar-refractivity contribution in [3.05, 3.63) is 40.9 Å². The molecular formula is C14H17Cl2N3OS. The van der Waals surface area contributed by atoms with Crippen LogP contribution in [0.25, 0.3) is 10.2 Å². The van der Waals surface area contributed by atoms with Gasteiger partial charge in [-0.25, -0.2) is 4.98 Å². The number of benzene rings is 1. The molecule has 21 heavy (non-hydrogen) atoms. The maximum Gasteiger partial charge on any atom is 0.251 e. The first-order chi connectivity index (χ1) is 9.33. The maximum absolute atomic E-state index is 12.1. The first-order valence-electron chi connectivity index (χ1n) is 6.33. The van der Waals surface area contributed by atoms with Gasteiger partial charge in [0.25, 0.3) is 5.91 Å². The largest absolute Gasteiger partial charge is 0.348 e. The average molecular weight is 346 g/mol. The van der Waals surface area contributed by atoms with Crippen molar-refractivity contribution in [2.24, 2.45) is 0 Å². The molecule has 1 amide bonds. The van der Waals surface area contributed by atoms with Gasteiger partial charge in [0.1, 0.15) is 0 Å². The first kappa shape index (κ1) is 17.9. The lowest BCUT2D eigenvalue weighted by Crippen LogP contribution is -2.29. The topological polar surface area (TPSA) is 54.0 Å². The fourth-order valence-corrected chi connectivity index (χ4v) is 2.84. The van der Waals surface area contributed by atoms with E-state index < -0.39 is 0 Å². The van der Waals surface area contributed by atoms with Gasteiger partial charge in [-0.05, 0) is 31.2 Å². The van der Waals surface area contributed by atoms with Crippen molar-refractivity contribution in [1.29, 1.82) is 0 Å². The summed E-state index contributed by atoms with van der Waals surface area (Å²) in [5.74, 6) is -0.0188. The number of rotatable bonds is 3. The Morgan fingerprint density at radius 2 is 2.24 bits per heavy atom. The van der Waals surface area contributed by atoms with Gasteiger partial charge in [0.2, 0.25) is 0 Å². The third-order valence-electron chi connectivity index (χ3n) is 3.23. The second-order valence-electron chi connectivity index (χ2n) is 4.53. The third-order valence-corrected chi connectivity index (χ3v) is 4.02. The number of carbonyl (C=O) groups excluding carboxylic acids is 1. The van der Waals surface area contributed by atoms with Crippen LogP contribution in [0.2, 0.25) is 0 Å². The molecule has 0 saturated heterocycles. The van der Waals surface area contributed by atoms with Gasteiger partial charge in [-0.15, -0.1) is 36.2 Å². The van der Waals surface area contributed by atoms with Crippen LogP contribution < -0.4 is 10.6 Å². The van der Waals surface area contributed by atoms with Gasteiger partial charge in [0.05, 0.1) is 15.7 Å². The minimum atomic E-state index is -0.0188. The lowest BCUT2D eigenvalue weighted by molar-refractivity contribution is 0.0957. The molecule has 1 aliphatic rings. The summed E-state index contributed by atoms with van der Waals surface area (Å²) in [6.45, 7) is 2.54. The molecule has 0 bridgehead atoms. The number of fused-ring (bicyclic) bond motifs is 1. The summed E-state index contributed by atoms with van der Waals surface area (Å²) in [6.07, 6.45) is 3.16. The predicted octanol–water partition coefficient (Wildman–Crippen LogP) is 2.79. The fraction of sp³-hybridized carbons (Fsp3) is 0.286. The normalized spacial score (nSPS) is 13.8. The monoisotopic (exact) mass is 345 g/mol. The molecule has 1 aromatic heterocycles. The van der Waals surface area contributed by atoms with Gasteiger partial charge < -0.3 is 10.6 Å². The minimum absolute atomic E-state index is 0. The summed E-state index contributed by atoms with van der Waals surface area (Å²) in [5.41, 5.74) is 4.74. The van der Waals surface area contributed by atoms with Crippen molar-refractivity contribution in [1.82, 2.24) is 15.6 Å². The van der Waals surface area contributed by atoms with E-state index in [9.17, 15) is 4.79 Å². The number of amides is 1. The highest BCUT2D eigenvalue weighted by Gasteiger charge is 2.09. The van der Waals surface area contributed by atoms with Crippen LogP contribution in [-0.2, 0) is 0 Å². The van der Waals surface area contributed by atoms with E-state index in [1.807, 2.05) is 18.2 Å². The highest BCUT2D eigenvalue weighted by atomic mass is 35.5.